The fourth-order valence-electron chi connectivity index (χ4n) is 7.38. The van der Waals surface area contributed by atoms with Gasteiger partial charge in [0.05, 0.1) is 19.8 Å². The largest absolute Gasteiger partial charge is 0.453 e. The maximum absolute atomic E-state index is 13.5. The molecule has 6 heteroatoms. The number of benzene rings is 1. The molecule has 3 aliphatic heterocycles. The molecule has 0 aromatic heterocycles. The van der Waals surface area contributed by atoms with Crippen LogP contribution in [0.2, 0.25) is 0 Å². The average Bonchev–Trinajstić information content (AvgIpc) is 3.22. The summed E-state index contributed by atoms with van der Waals surface area (Å²) >= 11 is 0. The van der Waals surface area contributed by atoms with Gasteiger partial charge in [0.25, 0.3) is 0 Å². The number of nitrogens with zero attached hydrogens (tertiary/aromatic N) is 1. The Labute approximate surface area is 157 Å². The van der Waals surface area contributed by atoms with Gasteiger partial charge in [-0.3, -0.25) is 4.79 Å². The summed E-state index contributed by atoms with van der Waals surface area (Å²) in [5.74, 6) is 0.581. The molecule has 5 bridgehead atoms. The van der Waals surface area contributed by atoms with Crippen LogP contribution in [-0.2, 0) is 19.7 Å². The van der Waals surface area contributed by atoms with Crippen LogP contribution in [0.4, 0.5) is 10.5 Å². The first-order valence-electron chi connectivity index (χ1n) is 9.60. The molecular formula is C21H22N2O4. The van der Waals surface area contributed by atoms with Crippen LogP contribution >= 0.6 is 0 Å². The van der Waals surface area contributed by atoms with Crippen LogP contribution in [0, 0.1) is 23.2 Å². The third-order valence-electron chi connectivity index (χ3n) is 8.11. The third kappa shape index (κ3) is 1.44. The van der Waals surface area contributed by atoms with Crippen molar-refractivity contribution < 1.29 is 19.1 Å². The van der Waals surface area contributed by atoms with E-state index in [1.54, 1.807) is 0 Å². The zero-order valence-corrected chi connectivity index (χ0v) is 15.2. The topological polar surface area (TPSA) is 67.9 Å². The number of piperidine rings is 1. The summed E-state index contributed by atoms with van der Waals surface area (Å²) < 4.78 is 11.4. The molecule has 1 aromatic rings. The van der Waals surface area contributed by atoms with Crippen molar-refractivity contribution in [3.63, 3.8) is 0 Å². The van der Waals surface area contributed by atoms with Crippen molar-refractivity contribution in [1.29, 1.82) is 0 Å². The lowest BCUT2D eigenvalue weighted by Crippen LogP contribution is -2.62. The standard InChI is InChI=1S/C21H22N2O4/c1-3-20-10-23(19(25)26-2)16-11-9-27-15(8-13(11)20)21(17(16)20)12-6-4-5-7-14(12)22-18(21)24/h3-7,11,13,15-17H,1,8-10H2,2H3,(H,22,24)/t11-,13+,15+,16+,17-,20?,21-/m0/s1. The van der Waals surface area contributed by atoms with Gasteiger partial charge in [-0.05, 0) is 24.0 Å². The molecule has 3 heterocycles. The van der Waals surface area contributed by atoms with Crippen molar-refractivity contribution in [3.8, 4) is 0 Å². The Hall–Kier alpha value is -2.34. The molecule has 5 aliphatic rings. The SMILES string of the molecule is C=CC12CN(C(=O)OC)[C@@H]3[C@H]4CO[C@H](C[C@H]41)[C@]1(C(=O)Nc4ccccc41)[C@@H]32. The smallest absolute Gasteiger partial charge is 0.409 e. The van der Waals surface area contributed by atoms with Gasteiger partial charge in [-0.15, -0.1) is 6.58 Å². The highest BCUT2D eigenvalue weighted by Crippen LogP contribution is 2.73. The van der Waals surface area contributed by atoms with E-state index in [0.717, 1.165) is 17.7 Å². The number of rotatable bonds is 1. The monoisotopic (exact) mass is 366 g/mol. The van der Waals surface area contributed by atoms with E-state index in [1.807, 2.05) is 35.2 Å². The van der Waals surface area contributed by atoms with Gasteiger partial charge in [0, 0.05) is 35.5 Å². The van der Waals surface area contributed by atoms with Crippen LogP contribution in [0.25, 0.3) is 0 Å². The normalized spacial score (nSPS) is 45.1. The van der Waals surface area contributed by atoms with Crippen molar-refractivity contribution >= 4 is 17.7 Å². The van der Waals surface area contributed by atoms with Crippen molar-refractivity contribution in [1.82, 2.24) is 4.90 Å². The summed E-state index contributed by atoms with van der Waals surface area (Å²) in [6, 6.07) is 7.85. The van der Waals surface area contributed by atoms with Gasteiger partial charge in [-0.25, -0.2) is 4.79 Å². The molecule has 4 fully saturated rings. The highest BCUT2D eigenvalue weighted by atomic mass is 16.5. The van der Waals surface area contributed by atoms with Crippen LogP contribution in [0.1, 0.15) is 12.0 Å². The molecule has 2 saturated heterocycles. The van der Waals surface area contributed by atoms with Crippen molar-refractivity contribution in [2.24, 2.45) is 23.2 Å². The lowest BCUT2D eigenvalue weighted by Gasteiger charge is -2.54. The molecule has 6 rings (SSSR count). The van der Waals surface area contributed by atoms with E-state index in [2.05, 4.69) is 11.9 Å². The minimum atomic E-state index is -0.778. The predicted octanol–water partition coefficient (Wildman–Crippen LogP) is 2.16. The Bertz CT molecular complexity index is 900. The number of para-hydroxylation sites is 1. The van der Waals surface area contributed by atoms with Gasteiger partial charge in [0.1, 0.15) is 5.41 Å². The van der Waals surface area contributed by atoms with Crippen molar-refractivity contribution in [2.75, 3.05) is 25.6 Å². The molecule has 7 atom stereocenters. The lowest BCUT2D eigenvalue weighted by molar-refractivity contribution is -0.153. The van der Waals surface area contributed by atoms with Gasteiger partial charge in [-0.2, -0.15) is 0 Å². The maximum atomic E-state index is 13.5. The van der Waals surface area contributed by atoms with E-state index < -0.39 is 5.41 Å². The number of ether oxygens (including phenoxy) is 2. The minimum Gasteiger partial charge on any atom is -0.453 e. The van der Waals surface area contributed by atoms with Gasteiger partial charge in [0.2, 0.25) is 5.91 Å². The molecule has 1 spiro atoms. The molecule has 2 saturated carbocycles. The van der Waals surface area contributed by atoms with E-state index in [1.165, 1.54) is 7.11 Å². The minimum absolute atomic E-state index is 0.00245. The summed E-state index contributed by atoms with van der Waals surface area (Å²) in [5.41, 5.74) is 0.815. The lowest BCUT2D eigenvalue weighted by atomic mass is 9.51. The van der Waals surface area contributed by atoms with Crippen LogP contribution in [0.3, 0.4) is 0 Å². The second-order valence-corrected chi connectivity index (χ2v) is 8.58. The number of hydrogen-bond acceptors (Lipinski definition) is 4. The molecule has 27 heavy (non-hydrogen) atoms. The third-order valence-corrected chi connectivity index (χ3v) is 8.11. The highest BCUT2D eigenvalue weighted by Gasteiger charge is 2.81. The zero-order chi connectivity index (χ0) is 18.6. The molecular weight excluding hydrogens is 344 g/mol. The van der Waals surface area contributed by atoms with Gasteiger partial charge < -0.3 is 19.7 Å². The van der Waals surface area contributed by atoms with Crippen LogP contribution in [0.5, 0.6) is 0 Å². The first-order chi connectivity index (χ1) is 13.1. The molecule has 140 valence electrons. The number of fused-ring (bicyclic) bond motifs is 5. The Morgan fingerprint density at radius 3 is 3.04 bits per heavy atom. The summed E-state index contributed by atoms with van der Waals surface area (Å²) in [4.78, 5) is 28.0. The predicted molar refractivity (Wildman–Crippen MR) is 97.1 cm³/mol. The molecule has 1 unspecified atom stereocenters. The first-order valence-corrected chi connectivity index (χ1v) is 9.60. The number of methoxy groups -OCH3 is 1. The number of amides is 2. The van der Waals surface area contributed by atoms with Crippen LogP contribution < -0.4 is 5.32 Å². The highest BCUT2D eigenvalue weighted by molar-refractivity contribution is 6.07. The summed E-state index contributed by atoms with van der Waals surface area (Å²) in [6.45, 7) is 5.34. The van der Waals surface area contributed by atoms with Crippen molar-refractivity contribution in [3.05, 3.63) is 42.5 Å². The number of carbonyl (C=O) groups excluding carboxylic acids is 2. The zero-order valence-electron chi connectivity index (χ0n) is 15.2. The Kier molecular flexibility index (Phi) is 2.75. The van der Waals surface area contributed by atoms with Crippen LogP contribution in [0.15, 0.2) is 36.9 Å². The number of anilines is 1. The average molecular weight is 366 g/mol. The number of carbonyl (C=O) groups is 2. The number of nitrogens with one attached hydrogen (secondary N) is 1. The van der Waals surface area contributed by atoms with Gasteiger partial charge in [0.15, 0.2) is 0 Å². The molecule has 1 aromatic carbocycles. The van der Waals surface area contributed by atoms with Crippen LogP contribution in [-0.4, -0.2) is 49.3 Å². The summed E-state index contributed by atoms with van der Waals surface area (Å²) in [6.07, 6.45) is 2.37. The Morgan fingerprint density at radius 1 is 1.44 bits per heavy atom. The molecule has 0 radical (unpaired) electrons. The number of hydrogen-bond donors (Lipinski definition) is 1. The molecule has 1 N–H and O–H groups in total. The maximum Gasteiger partial charge on any atom is 0.409 e. The van der Waals surface area contributed by atoms with E-state index in [0.29, 0.717) is 19.1 Å². The van der Waals surface area contributed by atoms with E-state index in [-0.39, 0.29) is 41.4 Å². The second kappa shape index (κ2) is 4.73. The van der Waals surface area contributed by atoms with E-state index in [9.17, 15) is 9.59 Å². The molecule has 2 amide bonds. The van der Waals surface area contributed by atoms with Crippen molar-refractivity contribution in [2.45, 2.75) is 24.0 Å². The second-order valence-electron chi connectivity index (χ2n) is 8.58. The van der Waals surface area contributed by atoms with Gasteiger partial charge in [-0.1, -0.05) is 24.3 Å². The summed E-state index contributed by atoms with van der Waals surface area (Å²) in [5, 5.41) is 3.10. The Morgan fingerprint density at radius 2 is 2.26 bits per heavy atom. The quantitative estimate of drug-likeness (QED) is 0.774. The van der Waals surface area contributed by atoms with E-state index >= 15 is 0 Å². The Balaban J connectivity index is 1.64. The molecule has 2 aliphatic carbocycles. The first kappa shape index (κ1) is 15.7. The van der Waals surface area contributed by atoms with E-state index in [4.69, 9.17) is 9.47 Å². The van der Waals surface area contributed by atoms with Gasteiger partial charge >= 0.3 is 6.09 Å². The fourth-order valence-corrected chi connectivity index (χ4v) is 7.38. The number of likely N-dealkylation sites (tertiary alicyclic amines) is 1. The molecule has 6 nitrogen and oxygen atoms in total. The summed E-state index contributed by atoms with van der Waals surface area (Å²) in [7, 11) is 1.42. The fraction of sp³-hybridized carbons (Fsp3) is 0.524.